The Labute approximate surface area is 132 Å². The first-order valence-electron chi connectivity index (χ1n) is 5.72. The van der Waals surface area contributed by atoms with E-state index in [-0.39, 0.29) is 11.5 Å². The molecule has 1 heterocycles. The highest BCUT2D eigenvalue weighted by Crippen LogP contribution is 2.35. The van der Waals surface area contributed by atoms with Gasteiger partial charge in [-0.05, 0) is 13.8 Å². The lowest BCUT2D eigenvalue weighted by atomic mass is 10.1. The van der Waals surface area contributed by atoms with Crippen molar-refractivity contribution in [3.05, 3.63) is 28.3 Å². The molecule has 0 spiro atoms. The van der Waals surface area contributed by atoms with Gasteiger partial charge in [0.1, 0.15) is 15.3 Å². The summed E-state index contributed by atoms with van der Waals surface area (Å²) in [5, 5.41) is -1.23. The number of rotatable bonds is 3. The molecule has 0 saturated heterocycles. The van der Waals surface area contributed by atoms with E-state index in [1.54, 1.807) is 0 Å². The zero-order chi connectivity index (χ0) is 15.8. The Hall–Kier alpha value is -0.600. The molecule has 2 nitrogen and oxygen atoms in total. The number of thioether (sulfide) groups is 2. The van der Waals surface area contributed by atoms with Crippen LogP contribution in [-0.2, 0) is 0 Å². The van der Waals surface area contributed by atoms with E-state index in [0.717, 1.165) is 17.5 Å². The quantitative estimate of drug-likeness (QED) is 0.333. The van der Waals surface area contributed by atoms with Crippen LogP contribution in [0.3, 0.4) is 0 Å². The standard InChI is InChI=1S/C12H10ClF4NOS2/c1-12(2)3-20-11(18-12)21-4-19-10-8(16)6(14)5(13)7(15)9(10)17/h3-4H2,1-2H3. The molecule has 0 saturated carbocycles. The van der Waals surface area contributed by atoms with Crippen LogP contribution in [0.1, 0.15) is 13.8 Å². The summed E-state index contributed by atoms with van der Waals surface area (Å²) in [7, 11) is 0. The maximum absolute atomic E-state index is 13.5. The van der Waals surface area contributed by atoms with Crippen molar-refractivity contribution in [2.45, 2.75) is 19.4 Å². The predicted octanol–water partition coefficient (Wildman–Crippen LogP) is 4.85. The van der Waals surface area contributed by atoms with Crippen molar-refractivity contribution in [1.82, 2.24) is 0 Å². The first-order chi connectivity index (χ1) is 9.73. The third kappa shape index (κ3) is 3.60. The summed E-state index contributed by atoms with van der Waals surface area (Å²) in [5.74, 6) is -7.22. The lowest BCUT2D eigenvalue weighted by Gasteiger charge is -2.10. The van der Waals surface area contributed by atoms with Gasteiger partial charge in [0.15, 0.2) is 17.4 Å². The number of halogens is 5. The second-order valence-electron chi connectivity index (χ2n) is 4.78. The van der Waals surface area contributed by atoms with E-state index >= 15 is 0 Å². The van der Waals surface area contributed by atoms with E-state index in [4.69, 9.17) is 16.3 Å². The number of hydrogen-bond acceptors (Lipinski definition) is 4. The molecule has 1 aliphatic heterocycles. The molecule has 1 aromatic rings. The van der Waals surface area contributed by atoms with Gasteiger partial charge in [-0.25, -0.2) is 8.78 Å². The van der Waals surface area contributed by atoms with Crippen molar-refractivity contribution in [1.29, 1.82) is 0 Å². The molecule has 1 aliphatic rings. The molecule has 116 valence electrons. The van der Waals surface area contributed by atoms with Crippen LogP contribution >= 0.6 is 35.1 Å². The Kier molecular flexibility index (Phi) is 4.99. The lowest BCUT2D eigenvalue weighted by molar-refractivity contribution is 0.321. The Bertz CT molecular complexity index is 580. The fourth-order valence-electron chi connectivity index (χ4n) is 1.47. The van der Waals surface area contributed by atoms with Crippen molar-refractivity contribution < 1.29 is 22.3 Å². The van der Waals surface area contributed by atoms with E-state index in [1.165, 1.54) is 11.8 Å². The average molecular weight is 360 g/mol. The van der Waals surface area contributed by atoms with Gasteiger partial charge in [0.2, 0.25) is 11.6 Å². The van der Waals surface area contributed by atoms with Crippen LogP contribution in [0.2, 0.25) is 5.02 Å². The molecule has 0 N–H and O–H groups in total. The van der Waals surface area contributed by atoms with Crippen LogP contribution in [0, 0.1) is 23.3 Å². The summed E-state index contributed by atoms with van der Waals surface area (Å²) >= 11 is 7.69. The molecule has 21 heavy (non-hydrogen) atoms. The second kappa shape index (κ2) is 6.26. The summed E-state index contributed by atoms with van der Waals surface area (Å²) in [4.78, 5) is 4.35. The largest absolute Gasteiger partial charge is 0.476 e. The molecule has 0 amide bonds. The monoisotopic (exact) mass is 359 g/mol. The van der Waals surface area contributed by atoms with Gasteiger partial charge in [0, 0.05) is 5.75 Å². The number of hydrogen-bond donors (Lipinski definition) is 0. The lowest BCUT2D eigenvalue weighted by Crippen LogP contribution is -2.15. The molecule has 0 bridgehead atoms. The molecular weight excluding hydrogens is 350 g/mol. The van der Waals surface area contributed by atoms with Gasteiger partial charge < -0.3 is 4.74 Å². The molecule has 9 heteroatoms. The van der Waals surface area contributed by atoms with Crippen LogP contribution < -0.4 is 4.74 Å². The van der Waals surface area contributed by atoms with Gasteiger partial charge in [-0.15, -0.1) is 0 Å². The first-order valence-corrected chi connectivity index (χ1v) is 8.07. The number of nitrogens with zero attached hydrogens (tertiary/aromatic N) is 1. The highest BCUT2D eigenvalue weighted by atomic mass is 35.5. The summed E-state index contributed by atoms with van der Waals surface area (Å²) in [6.45, 7) is 3.88. The topological polar surface area (TPSA) is 21.6 Å². The first kappa shape index (κ1) is 16.8. The molecule has 0 aliphatic carbocycles. The molecule has 0 atom stereocenters. The summed E-state index contributed by atoms with van der Waals surface area (Å²) in [6, 6.07) is 0. The van der Waals surface area contributed by atoms with Gasteiger partial charge >= 0.3 is 0 Å². The van der Waals surface area contributed by atoms with Crippen LogP contribution in [0.15, 0.2) is 4.99 Å². The SMILES string of the molecule is CC1(C)CSC(SCOc2c(F)c(F)c(Cl)c(F)c2F)=N1. The number of ether oxygens (including phenoxy) is 1. The molecule has 0 aromatic heterocycles. The smallest absolute Gasteiger partial charge is 0.205 e. The third-order valence-electron chi connectivity index (χ3n) is 2.50. The van der Waals surface area contributed by atoms with Gasteiger partial charge in [-0.1, -0.05) is 35.1 Å². The maximum Gasteiger partial charge on any atom is 0.205 e. The van der Waals surface area contributed by atoms with Crippen molar-refractivity contribution >= 4 is 39.5 Å². The molecule has 0 fully saturated rings. The third-order valence-corrected chi connectivity index (χ3v) is 5.30. The minimum absolute atomic E-state index is 0.206. The Morgan fingerprint density at radius 2 is 1.76 bits per heavy atom. The van der Waals surface area contributed by atoms with E-state index in [9.17, 15) is 17.6 Å². The molecule has 0 radical (unpaired) electrons. The van der Waals surface area contributed by atoms with Crippen LogP contribution in [0.5, 0.6) is 5.75 Å². The van der Waals surface area contributed by atoms with Gasteiger partial charge in [0.05, 0.1) is 5.54 Å². The van der Waals surface area contributed by atoms with Crippen molar-refractivity contribution in [2.24, 2.45) is 4.99 Å². The number of benzene rings is 1. The normalized spacial score (nSPS) is 17.0. The van der Waals surface area contributed by atoms with E-state index in [1.807, 2.05) is 13.8 Å². The highest BCUT2D eigenvalue weighted by Gasteiger charge is 2.27. The summed E-state index contributed by atoms with van der Waals surface area (Å²) in [5.41, 5.74) is -0.206. The Morgan fingerprint density at radius 3 is 2.24 bits per heavy atom. The van der Waals surface area contributed by atoms with Crippen molar-refractivity contribution in [3.63, 3.8) is 0 Å². The van der Waals surface area contributed by atoms with Crippen molar-refractivity contribution in [3.8, 4) is 5.75 Å². The Balaban J connectivity index is 2.08. The minimum atomic E-state index is -1.68. The summed E-state index contributed by atoms with van der Waals surface area (Å²) in [6.07, 6.45) is 0. The highest BCUT2D eigenvalue weighted by molar-refractivity contribution is 8.39. The second-order valence-corrected chi connectivity index (χ2v) is 7.30. The summed E-state index contributed by atoms with van der Waals surface area (Å²) < 4.78 is 58.9. The van der Waals surface area contributed by atoms with Gasteiger partial charge in [-0.3, -0.25) is 4.99 Å². The fourth-order valence-corrected chi connectivity index (χ4v) is 3.74. The van der Waals surface area contributed by atoms with Crippen LogP contribution in [0.25, 0.3) is 0 Å². The molecule has 1 aromatic carbocycles. The van der Waals surface area contributed by atoms with E-state index in [0.29, 0.717) is 4.38 Å². The van der Waals surface area contributed by atoms with Gasteiger partial charge in [0.25, 0.3) is 0 Å². The fraction of sp³-hybridized carbons (Fsp3) is 0.417. The van der Waals surface area contributed by atoms with Gasteiger partial charge in [-0.2, -0.15) is 8.78 Å². The zero-order valence-corrected chi connectivity index (χ0v) is 13.4. The average Bonchev–Trinajstić information content (AvgIpc) is 2.77. The van der Waals surface area contributed by atoms with E-state index in [2.05, 4.69) is 4.99 Å². The van der Waals surface area contributed by atoms with Crippen LogP contribution in [0.4, 0.5) is 17.6 Å². The zero-order valence-electron chi connectivity index (χ0n) is 11.0. The van der Waals surface area contributed by atoms with Crippen LogP contribution in [-0.4, -0.2) is 21.6 Å². The maximum atomic E-state index is 13.5. The Morgan fingerprint density at radius 1 is 1.19 bits per heavy atom. The predicted molar refractivity (Wildman–Crippen MR) is 78.3 cm³/mol. The number of aliphatic imine (C=N–C) groups is 1. The molecule has 0 unspecified atom stereocenters. The van der Waals surface area contributed by atoms with E-state index < -0.39 is 34.0 Å². The molecular formula is C12H10ClF4NOS2. The molecule has 2 rings (SSSR count). The van der Waals surface area contributed by atoms with Crippen molar-refractivity contribution in [2.75, 3.05) is 11.7 Å². The minimum Gasteiger partial charge on any atom is -0.476 e.